The van der Waals surface area contributed by atoms with E-state index in [-0.39, 0.29) is 47.9 Å². The molecule has 0 saturated heterocycles. The number of allylic oxidation sites excluding steroid dienone is 2. The van der Waals surface area contributed by atoms with Gasteiger partial charge in [-0.3, -0.25) is 0 Å². The molecule has 0 atom stereocenters. The zero-order valence-electron chi connectivity index (χ0n) is 35.3. The van der Waals surface area contributed by atoms with E-state index in [9.17, 15) is 0 Å². The molecule has 6 aromatic rings. The van der Waals surface area contributed by atoms with Crippen molar-refractivity contribution in [3.05, 3.63) is 177 Å². The first kappa shape index (κ1) is 40.9. The smallest absolute Gasteiger partial charge is 0.145 e. The molecular formula is C54H58Zr. The van der Waals surface area contributed by atoms with Crippen molar-refractivity contribution in [2.45, 2.75) is 118 Å². The molecule has 0 radical (unpaired) electrons. The summed E-state index contributed by atoms with van der Waals surface area (Å²) in [7, 11) is 0. The standard InChI is InChI=1S/2C27H29.Zr/c2*1-26(2,3)24-15-23(16-25(17-24)27(4,5)6)22-13-20-11-18-9-7-8-10-19(18)12-21(20)14-22;/h2*7-12,15-17H,13H2,1-6H3;/q2*-1;+2. The Labute approximate surface area is 351 Å². The normalized spacial score (nSPS) is 14.1. The minimum absolute atomic E-state index is 0. The molecule has 1 heteroatoms. The molecule has 0 heterocycles. The fourth-order valence-electron chi connectivity index (χ4n) is 7.58. The van der Waals surface area contributed by atoms with E-state index in [0.29, 0.717) is 0 Å². The van der Waals surface area contributed by atoms with E-state index in [2.05, 4.69) is 204 Å². The van der Waals surface area contributed by atoms with E-state index < -0.39 is 0 Å². The maximum absolute atomic E-state index is 3.72. The topological polar surface area (TPSA) is 0 Å². The van der Waals surface area contributed by atoms with Crippen LogP contribution in [0, 0.1) is 12.2 Å². The SMILES string of the molecule is CC(C)(C)c1cc(C2=[C-]c3cc4ccccc4cc3C2)cc(C(C)(C)C)c1.CC(C)(C)c1cc(C2=[C-]c3cc4ccccc4cc3C2)cc(C(C)(C)C)c1.[Zr+2]. The Balaban J connectivity index is 0.000000184. The average Bonchev–Trinajstić information content (AvgIpc) is 3.71. The van der Waals surface area contributed by atoms with E-state index in [1.807, 2.05) is 0 Å². The van der Waals surface area contributed by atoms with Crippen LogP contribution in [0.2, 0.25) is 0 Å². The van der Waals surface area contributed by atoms with E-state index in [1.165, 1.54) is 88.3 Å². The molecule has 0 spiro atoms. The predicted molar refractivity (Wildman–Crippen MR) is 234 cm³/mol. The summed E-state index contributed by atoms with van der Waals surface area (Å²) >= 11 is 0. The van der Waals surface area contributed by atoms with Crippen LogP contribution in [0.1, 0.15) is 139 Å². The molecular weight excluding hydrogens is 740 g/mol. The van der Waals surface area contributed by atoms with Crippen LogP contribution in [0.5, 0.6) is 0 Å². The van der Waals surface area contributed by atoms with Crippen LogP contribution in [-0.2, 0) is 60.7 Å². The van der Waals surface area contributed by atoms with Crippen LogP contribution in [-0.4, -0.2) is 0 Å². The van der Waals surface area contributed by atoms with Gasteiger partial charge in [0.15, 0.2) is 0 Å². The monoisotopic (exact) mass is 796 g/mol. The molecule has 0 bridgehead atoms. The van der Waals surface area contributed by atoms with Crippen LogP contribution in [0.25, 0.3) is 32.7 Å². The minimum atomic E-state index is 0. The van der Waals surface area contributed by atoms with Crippen LogP contribution < -0.4 is 0 Å². The van der Waals surface area contributed by atoms with Crippen molar-refractivity contribution in [1.29, 1.82) is 0 Å². The van der Waals surface area contributed by atoms with Crippen LogP contribution in [0.3, 0.4) is 0 Å². The summed E-state index contributed by atoms with van der Waals surface area (Å²) in [4.78, 5) is 0. The zero-order valence-corrected chi connectivity index (χ0v) is 37.8. The molecule has 278 valence electrons. The van der Waals surface area contributed by atoms with Gasteiger partial charge < -0.3 is 0 Å². The van der Waals surface area contributed by atoms with Crippen molar-refractivity contribution in [3.63, 3.8) is 0 Å². The van der Waals surface area contributed by atoms with Gasteiger partial charge in [-0.25, -0.2) is 0 Å². The number of hydrogen-bond acceptors (Lipinski definition) is 0. The summed E-state index contributed by atoms with van der Waals surface area (Å²) < 4.78 is 0. The molecule has 0 nitrogen and oxygen atoms in total. The van der Waals surface area contributed by atoms with Gasteiger partial charge in [0.1, 0.15) is 0 Å². The van der Waals surface area contributed by atoms with Crippen molar-refractivity contribution < 1.29 is 26.2 Å². The number of benzene rings is 6. The molecule has 2 aliphatic rings. The second kappa shape index (κ2) is 14.9. The fraction of sp³-hybridized carbons (Fsp3) is 0.333. The summed E-state index contributed by atoms with van der Waals surface area (Å²) in [5, 5.41) is 5.23. The second-order valence-corrected chi connectivity index (χ2v) is 19.9. The van der Waals surface area contributed by atoms with E-state index in [1.54, 1.807) is 0 Å². The minimum Gasteiger partial charge on any atom is -0.145 e. The number of rotatable bonds is 2. The zero-order chi connectivity index (χ0) is 38.8. The largest absolute Gasteiger partial charge is 2.00 e. The van der Waals surface area contributed by atoms with Crippen molar-refractivity contribution in [1.82, 2.24) is 0 Å². The Kier molecular flexibility index (Phi) is 11.1. The van der Waals surface area contributed by atoms with Crippen molar-refractivity contribution >= 4 is 32.7 Å². The van der Waals surface area contributed by atoms with Crippen molar-refractivity contribution in [2.75, 3.05) is 0 Å². The Bertz CT molecular complexity index is 2220. The van der Waals surface area contributed by atoms with Crippen LogP contribution >= 0.6 is 0 Å². The number of hydrogen-bond donors (Lipinski definition) is 0. The van der Waals surface area contributed by atoms with Crippen LogP contribution in [0.15, 0.2) is 109 Å². The van der Waals surface area contributed by atoms with E-state index >= 15 is 0 Å². The van der Waals surface area contributed by atoms with Gasteiger partial charge in [0.25, 0.3) is 0 Å². The molecule has 0 amide bonds. The van der Waals surface area contributed by atoms with Gasteiger partial charge in [0, 0.05) is 0 Å². The van der Waals surface area contributed by atoms with Gasteiger partial charge in [-0.1, -0.05) is 237 Å². The van der Waals surface area contributed by atoms with Gasteiger partial charge in [0.2, 0.25) is 0 Å². The molecule has 2 aliphatic carbocycles. The van der Waals surface area contributed by atoms with Crippen molar-refractivity contribution in [2.24, 2.45) is 0 Å². The first-order valence-corrected chi connectivity index (χ1v) is 19.8. The van der Waals surface area contributed by atoms with Crippen molar-refractivity contribution in [3.8, 4) is 0 Å². The third-order valence-electron chi connectivity index (χ3n) is 11.3. The van der Waals surface area contributed by atoms with Crippen LogP contribution in [0.4, 0.5) is 0 Å². The molecule has 8 rings (SSSR count). The first-order chi connectivity index (χ1) is 25.2. The summed E-state index contributed by atoms with van der Waals surface area (Å²) in [5.74, 6) is 0. The second-order valence-electron chi connectivity index (χ2n) is 19.9. The van der Waals surface area contributed by atoms with Gasteiger partial charge in [-0.05, 0) is 32.4 Å². The summed E-state index contributed by atoms with van der Waals surface area (Å²) in [6.45, 7) is 27.6. The van der Waals surface area contributed by atoms with E-state index in [4.69, 9.17) is 0 Å². The third-order valence-corrected chi connectivity index (χ3v) is 11.3. The predicted octanol–water partition coefficient (Wildman–Crippen LogP) is 14.4. The molecule has 55 heavy (non-hydrogen) atoms. The van der Waals surface area contributed by atoms with Gasteiger partial charge in [-0.15, -0.1) is 57.7 Å². The maximum atomic E-state index is 3.72. The van der Waals surface area contributed by atoms with E-state index in [0.717, 1.165) is 12.8 Å². The molecule has 0 unspecified atom stereocenters. The molecule has 0 aliphatic heterocycles. The maximum Gasteiger partial charge on any atom is 2.00 e. The fourth-order valence-corrected chi connectivity index (χ4v) is 7.58. The summed E-state index contributed by atoms with van der Waals surface area (Å²) in [6, 6.07) is 40.8. The quantitative estimate of drug-likeness (QED) is 0.153. The molecule has 0 N–H and O–H groups in total. The number of fused-ring (bicyclic) bond motifs is 4. The molecule has 0 saturated carbocycles. The Morgan fingerprint density at radius 3 is 0.909 bits per heavy atom. The molecule has 6 aromatic carbocycles. The average molecular weight is 798 g/mol. The Morgan fingerprint density at radius 1 is 0.364 bits per heavy atom. The van der Waals surface area contributed by atoms with Gasteiger partial charge in [-0.2, -0.15) is 0 Å². The summed E-state index contributed by atoms with van der Waals surface area (Å²) in [5.41, 5.74) is 16.7. The first-order valence-electron chi connectivity index (χ1n) is 19.8. The van der Waals surface area contributed by atoms with Gasteiger partial charge >= 0.3 is 26.2 Å². The Morgan fingerprint density at radius 2 is 0.636 bits per heavy atom. The van der Waals surface area contributed by atoms with Gasteiger partial charge in [0.05, 0.1) is 0 Å². The summed E-state index contributed by atoms with van der Waals surface area (Å²) in [6.07, 6.45) is 9.37. The Hall–Kier alpha value is -3.80. The molecule has 0 aromatic heterocycles. The third kappa shape index (κ3) is 8.94. The molecule has 0 fully saturated rings.